The Morgan fingerprint density at radius 2 is 1.76 bits per heavy atom. The Labute approximate surface area is 220 Å². The number of aliphatic hydroxyl groups is 1. The van der Waals surface area contributed by atoms with Gasteiger partial charge < -0.3 is 10.0 Å². The van der Waals surface area contributed by atoms with Gasteiger partial charge in [-0.3, -0.25) is 14.5 Å². The number of aromatic nitrogens is 1. The van der Waals surface area contributed by atoms with E-state index in [2.05, 4.69) is 9.71 Å². The molecule has 9 heteroatoms. The van der Waals surface area contributed by atoms with Crippen LogP contribution in [0, 0.1) is 6.92 Å². The van der Waals surface area contributed by atoms with Crippen LogP contribution in [0.15, 0.2) is 83.9 Å². The van der Waals surface area contributed by atoms with Crippen molar-refractivity contribution in [3.05, 3.63) is 101 Å². The van der Waals surface area contributed by atoms with Crippen molar-refractivity contribution in [1.82, 2.24) is 9.88 Å². The van der Waals surface area contributed by atoms with Crippen LogP contribution in [0.25, 0.3) is 10.9 Å². The summed E-state index contributed by atoms with van der Waals surface area (Å²) in [5, 5.41) is 12.4. The van der Waals surface area contributed by atoms with E-state index in [1.54, 1.807) is 60.5 Å². The zero-order valence-corrected chi connectivity index (χ0v) is 21.8. The summed E-state index contributed by atoms with van der Waals surface area (Å²) < 4.78 is 29.0. The Bertz CT molecular complexity index is 1590. The molecule has 1 fully saturated rings. The predicted molar refractivity (Wildman–Crippen MR) is 144 cm³/mol. The lowest BCUT2D eigenvalue weighted by Gasteiger charge is -2.38. The van der Waals surface area contributed by atoms with Crippen LogP contribution in [0.1, 0.15) is 34.3 Å². The molecule has 190 valence electrons. The van der Waals surface area contributed by atoms with Gasteiger partial charge in [0.25, 0.3) is 15.9 Å². The third-order valence-electron chi connectivity index (χ3n) is 6.84. The van der Waals surface area contributed by atoms with Gasteiger partial charge in [0.15, 0.2) is 0 Å². The smallest absolute Gasteiger partial charge is 0.264 e. The fraction of sp³-hybridized carbons (Fsp3) is 0.214. The molecule has 2 heterocycles. The van der Waals surface area contributed by atoms with E-state index in [4.69, 9.17) is 11.6 Å². The molecule has 37 heavy (non-hydrogen) atoms. The molecule has 5 rings (SSSR count). The van der Waals surface area contributed by atoms with E-state index in [0.717, 1.165) is 10.9 Å². The van der Waals surface area contributed by atoms with Gasteiger partial charge >= 0.3 is 0 Å². The van der Waals surface area contributed by atoms with Gasteiger partial charge in [-0.05, 0) is 73.4 Å². The minimum atomic E-state index is -3.90. The highest BCUT2D eigenvalue weighted by Gasteiger charge is 2.36. The van der Waals surface area contributed by atoms with Gasteiger partial charge in [0, 0.05) is 35.3 Å². The molecule has 1 aliphatic rings. The van der Waals surface area contributed by atoms with Crippen LogP contribution in [-0.4, -0.2) is 42.4 Å². The van der Waals surface area contributed by atoms with Gasteiger partial charge in [0.1, 0.15) is 4.90 Å². The van der Waals surface area contributed by atoms with E-state index in [0.29, 0.717) is 53.3 Å². The average molecular weight is 536 g/mol. The van der Waals surface area contributed by atoms with E-state index in [1.165, 1.54) is 6.07 Å². The molecule has 7 nitrogen and oxygen atoms in total. The fourth-order valence-corrected chi connectivity index (χ4v) is 6.23. The molecule has 1 amide bonds. The van der Waals surface area contributed by atoms with Crippen molar-refractivity contribution in [3.8, 4) is 0 Å². The molecule has 0 unspecified atom stereocenters. The summed E-state index contributed by atoms with van der Waals surface area (Å²) >= 11 is 6.09. The van der Waals surface area contributed by atoms with E-state index in [1.807, 2.05) is 24.3 Å². The summed E-state index contributed by atoms with van der Waals surface area (Å²) in [5.41, 5.74) is 1.58. The topological polar surface area (TPSA) is 99.6 Å². The Kier molecular flexibility index (Phi) is 6.66. The van der Waals surface area contributed by atoms with Crippen LogP contribution in [0.4, 0.5) is 5.69 Å². The monoisotopic (exact) mass is 535 g/mol. The van der Waals surface area contributed by atoms with Gasteiger partial charge in [-0.2, -0.15) is 0 Å². The van der Waals surface area contributed by atoms with Crippen molar-refractivity contribution in [2.24, 2.45) is 0 Å². The van der Waals surface area contributed by atoms with Crippen LogP contribution in [0.3, 0.4) is 0 Å². The highest BCUT2D eigenvalue weighted by atomic mass is 35.5. The number of nitrogens with one attached hydrogen (secondary N) is 1. The Morgan fingerprint density at radius 1 is 1.03 bits per heavy atom. The summed E-state index contributed by atoms with van der Waals surface area (Å²) in [7, 11) is -3.90. The first-order valence-electron chi connectivity index (χ1n) is 11.9. The standard InChI is InChI=1S/C28H26ClN3O4S/c1-19-17-21(27(33)32-15-12-28(34,13-16-32)22-7-3-8-23(29)18-22)10-11-24(19)31-37(35,36)25-9-2-5-20-6-4-14-30-26(20)25/h2-11,14,17-18,31,34H,12-13,15-16H2,1H3. The minimum absolute atomic E-state index is 0.0886. The number of benzene rings is 3. The molecule has 0 aliphatic carbocycles. The molecule has 2 N–H and O–H groups in total. The maximum absolute atomic E-state index is 13.2. The van der Waals surface area contributed by atoms with Gasteiger partial charge in [-0.25, -0.2) is 8.42 Å². The van der Waals surface area contributed by atoms with Crippen molar-refractivity contribution in [2.45, 2.75) is 30.3 Å². The molecule has 3 aromatic carbocycles. The molecular formula is C28H26ClN3O4S. The number of carbonyl (C=O) groups excluding carboxylic acids is 1. The molecule has 0 bridgehead atoms. The fourth-order valence-electron chi connectivity index (χ4n) is 4.73. The van der Waals surface area contributed by atoms with Crippen molar-refractivity contribution in [1.29, 1.82) is 0 Å². The first-order valence-corrected chi connectivity index (χ1v) is 13.8. The van der Waals surface area contributed by atoms with E-state index in [9.17, 15) is 18.3 Å². The van der Waals surface area contributed by atoms with Gasteiger partial charge in [0.2, 0.25) is 0 Å². The number of amides is 1. The molecule has 1 aliphatic heterocycles. The number of rotatable bonds is 5. The maximum Gasteiger partial charge on any atom is 0.264 e. The van der Waals surface area contributed by atoms with E-state index < -0.39 is 15.6 Å². The number of anilines is 1. The zero-order valence-electron chi connectivity index (χ0n) is 20.2. The van der Waals surface area contributed by atoms with Crippen LogP contribution < -0.4 is 4.72 Å². The lowest BCUT2D eigenvalue weighted by molar-refractivity contribution is -0.0211. The number of pyridine rings is 1. The second kappa shape index (κ2) is 9.78. The minimum Gasteiger partial charge on any atom is -0.385 e. The molecule has 1 saturated heterocycles. The zero-order chi connectivity index (χ0) is 26.2. The lowest BCUT2D eigenvalue weighted by atomic mass is 9.84. The highest BCUT2D eigenvalue weighted by Crippen LogP contribution is 2.34. The molecule has 0 saturated carbocycles. The molecule has 1 aromatic heterocycles. The average Bonchev–Trinajstić information content (AvgIpc) is 2.89. The highest BCUT2D eigenvalue weighted by molar-refractivity contribution is 7.93. The number of hydrogen-bond donors (Lipinski definition) is 2. The number of fused-ring (bicyclic) bond motifs is 1. The normalized spacial score (nSPS) is 15.5. The van der Waals surface area contributed by atoms with Crippen molar-refractivity contribution >= 4 is 44.1 Å². The van der Waals surface area contributed by atoms with Crippen LogP contribution >= 0.6 is 11.6 Å². The van der Waals surface area contributed by atoms with Crippen molar-refractivity contribution in [2.75, 3.05) is 17.8 Å². The number of carbonyl (C=O) groups is 1. The predicted octanol–water partition coefficient (Wildman–Crippen LogP) is 5.12. The van der Waals surface area contributed by atoms with Crippen molar-refractivity contribution in [3.63, 3.8) is 0 Å². The summed E-state index contributed by atoms with van der Waals surface area (Å²) in [6, 6.07) is 20.7. The van der Waals surface area contributed by atoms with Crippen LogP contribution in [-0.2, 0) is 15.6 Å². The first kappa shape index (κ1) is 25.2. The number of aryl methyl sites for hydroxylation is 1. The third-order valence-corrected chi connectivity index (χ3v) is 8.47. The van der Waals surface area contributed by atoms with Gasteiger partial charge in [-0.15, -0.1) is 0 Å². The number of likely N-dealkylation sites (tertiary alicyclic amines) is 1. The second-order valence-electron chi connectivity index (χ2n) is 9.30. The summed E-state index contributed by atoms with van der Waals surface area (Å²) in [6.07, 6.45) is 2.35. The Hall–Kier alpha value is -3.46. The SMILES string of the molecule is Cc1cc(C(=O)N2CCC(O)(c3cccc(Cl)c3)CC2)ccc1NS(=O)(=O)c1cccc2cccnc12. The molecule has 0 radical (unpaired) electrons. The first-order chi connectivity index (χ1) is 17.7. The maximum atomic E-state index is 13.2. The Morgan fingerprint density at radius 3 is 2.49 bits per heavy atom. The summed E-state index contributed by atoms with van der Waals surface area (Å²) in [5.74, 6) is -0.163. The quantitative estimate of drug-likeness (QED) is 0.369. The summed E-state index contributed by atoms with van der Waals surface area (Å²) in [4.78, 5) is 19.2. The van der Waals surface area contributed by atoms with Crippen molar-refractivity contribution < 1.29 is 18.3 Å². The van der Waals surface area contributed by atoms with Gasteiger partial charge in [-0.1, -0.05) is 41.9 Å². The van der Waals surface area contributed by atoms with Crippen LogP contribution in [0.2, 0.25) is 5.02 Å². The van der Waals surface area contributed by atoms with E-state index >= 15 is 0 Å². The third kappa shape index (κ3) is 5.05. The number of para-hydroxylation sites is 1. The molecule has 0 atom stereocenters. The molecule has 4 aromatic rings. The number of sulfonamides is 1. The number of nitrogens with zero attached hydrogens (tertiary/aromatic N) is 2. The largest absolute Gasteiger partial charge is 0.385 e. The van der Waals surface area contributed by atoms with Gasteiger partial charge in [0.05, 0.1) is 16.8 Å². The Balaban J connectivity index is 1.31. The lowest BCUT2D eigenvalue weighted by Crippen LogP contribution is -2.45. The molecular weight excluding hydrogens is 510 g/mol. The van der Waals surface area contributed by atoms with E-state index in [-0.39, 0.29) is 10.8 Å². The number of hydrogen-bond acceptors (Lipinski definition) is 5. The number of halogens is 1. The second-order valence-corrected chi connectivity index (χ2v) is 11.4. The molecule has 0 spiro atoms. The van der Waals surface area contributed by atoms with Crippen LogP contribution in [0.5, 0.6) is 0 Å². The summed E-state index contributed by atoms with van der Waals surface area (Å²) in [6.45, 7) is 2.54. The number of piperidine rings is 1.